The average molecular weight is 606 g/mol. The first-order chi connectivity index (χ1) is 22.0. The van der Waals surface area contributed by atoms with Crippen LogP contribution in [0.15, 0.2) is 49.1 Å². The molecule has 3 aliphatic heterocycles. The van der Waals surface area contributed by atoms with Crippen molar-refractivity contribution in [2.45, 2.75) is 70.0 Å². The Morgan fingerprint density at radius 1 is 1.09 bits per heavy atom. The van der Waals surface area contributed by atoms with Crippen LogP contribution < -0.4 is 14.5 Å². The van der Waals surface area contributed by atoms with Gasteiger partial charge in [-0.2, -0.15) is 15.2 Å². The lowest BCUT2D eigenvalue weighted by Gasteiger charge is -2.42. The van der Waals surface area contributed by atoms with Gasteiger partial charge in [-0.15, -0.1) is 0 Å². The van der Waals surface area contributed by atoms with Crippen LogP contribution in [-0.4, -0.2) is 83.1 Å². The third-order valence-electron chi connectivity index (χ3n) is 10.4. The van der Waals surface area contributed by atoms with Crippen LogP contribution in [0.4, 0.5) is 11.5 Å². The number of aryl methyl sites for hydroxylation is 1. The van der Waals surface area contributed by atoms with E-state index in [1.54, 1.807) is 4.90 Å². The predicted octanol–water partition coefficient (Wildman–Crippen LogP) is 4.88. The molecular formula is C36H43N7O2. The second-order valence-corrected chi connectivity index (χ2v) is 13.0. The standard InChI is InChI=1S/C36H43N7O2/c1-3-26-9-7-10-27-11-8-12-31(33(26)27)40-20-14-29-30(24-40)38-35(45-25-36(15-16-36)42-18-5-6-19-42)39-34(29)41-21-22-43(32(44)4-2)28(23-41)13-17-37/h4,7-12,28H,2-3,5-6,13-16,18-25H2,1H3/t28-/m0/s1. The molecule has 0 spiro atoms. The number of hydrogen-bond acceptors (Lipinski definition) is 8. The van der Waals surface area contributed by atoms with Gasteiger partial charge in [-0.3, -0.25) is 9.69 Å². The first kappa shape index (κ1) is 29.5. The number of ether oxygens (including phenoxy) is 1. The largest absolute Gasteiger partial charge is 0.461 e. The first-order valence-corrected chi connectivity index (χ1v) is 16.6. The molecule has 45 heavy (non-hydrogen) atoms. The van der Waals surface area contributed by atoms with E-state index < -0.39 is 0 Å². The molecule has 7 rings (SSSR count). The maximum absolute atomic E-state index is 12.6. The fourth-order valence-corrected chi connectivity index (χ4v) is 7.70. The van der Waals surface area contributed by atoms with E-state index in [1.807, 2.05) is 0 Å². The lowest BCUT2D eigenvalue weighted by Crippen LogP contribution is -2.55. The fourth-order valence-electron chi connectivity index (χ4n) is 7.70. The van der Waals surface area contributed by atoms with Crippen LogP contribution in [0.2, 0.25) is 0 Å². The van der Waals surface area contributed by atoms with Crippen molar-refractivity contribution < 1.29 is 9.53 Å². The monoisotopic (exact) mass is 605 g/mol. The van der Waals surface area contributed by atoms with E-state index in [0.717, 1.165) is 62.4 Å². The fraction of sp³-hybridized carbons (Fsp3) is 0.500. The highest BCUT2D eigenvalue weighted by atomic mass is 16.5. The molecule has 2 saturated heterocycles. The molecule has 1 aliphatic carbocycles. The first-order valence-electron chi connectivity index (χ1n) is 16.6. The molecule has 234 valence electrons. The molecule has 0 radical (unpaired) electrons. The topological polar surface area (TPSA) is 88.8 Å². The predicted molar refractivity (Wildman–Crippen MR) is 177 cm³/mol. The summed E-state index contributed by atoms with van der Waals surface area (Å²) in [6.45, 7) is 12.0. The van der Waals surface area contributed by atoms with Gasteiger partial charge in [0.1, 0.15) is 12.4 Å². The SMILES string of the molecule is C=CC(=O)N1CCN(c2nc(OCC3(N4CCCC4)CC3)nc3c2CCN(c2cccc4cccc(CC)c24)C3)C[C@@H]1CC#N. The maximum atomic E-state index is 12.6. The Hall–Kier alpha value is -4.16. The summed E-state index contributed by atoms with van der Waals surface area (Å²) in [4.78, 5) is 31.9. The highest BCUT2D eigenvalue weighted by Crippen LogP contribution is 2.44. The minimum atomic E-state index is -0.225. The molecule has 0 unspecified atom stereocenters. The lowest BCUT2D eigenvalue weighted by atomic mass is 9.98. The summed E-state index contributed by atoms with van der Waals surface area (Å²) in [6, 6.07) is 15.7. The molecule has 3 aromatic rings. The third-order valence-corrected chi connectivity index (χ3v) is 10.4. The van der Waals surface area contributed by atoms with Gasteiger partial charge in [0.2, 0.25) is 5.91 Å². The van der Waals surface area contributed by atoms with Crippen molar-refractivity contribution in [2.75, 3.05) is 55.7 Å². The summed E-state index contributed by atoms with van der Waals surface area (Å²) in [7, 11) is 0. The minimum absolute atomic E-state index is 0.121. The molecule has 4 aliphatic rings. The maximum Gasteiger partial charge on any atom is 0.318 e. The van der Waals surface area contributed by atoms with Gasteiger partial charge in [0.05, 0.1) is 36.3 Å². The zero-order valence-electron chi connectivity index (χ0n) is 26.4. The van der Waals surface area contributed by atoms with Crippen LogP contribution in [-0.2, 0) is 24.2 Å². The quantitative estimate of drug-likeness (QED) is 0.319. The Morgan fingerprint density at radius 2 is 1.89 bits per heavy atom. The normalized spacial score (nSPS) is 21.0. The van der Waals surface area contributed by atoms with Crippen molar-refractivity contribution in [1.82, 2.24) is 19.8 Å². The van der Waals surface area contributed by atoms with Gasteiger partial charge in [-0.1, -0.05) is 43.8 Å². The summed E-state index contributed by atoms with van der Waals surface area (Å²) in [5.41, 5.74) is 4.87. The Labute approximate surface area is 266 Å². The molecular weight excluding hydrogens is 562 g/mol. The van der Waals surface area contributed by atoms with Gasteiger partial charge >= 0.3 is 6.01 Å². The number of hydrogen-bond donors (Lipinski definition) is 0. The van der Waals surface area contributed by atoms with Crippen LogP contribution in [0.5, 0.6) is 6.01 Å². The van der Waals surface area contributed by atoms with Gasteiger partial charge < -0.3 is 19.4 Å². The summed E-state index contributed by atoms with van der Waals surface area (Å²) >= 11 is 0. The molecule has 0 N–H and O–H groups in total. The zero-order valence-corrected chi connectivity index (χ0v) is 26.4. The smallest absolute Gasteiger partial charge is 0.318 e. The molecule has 1 atom stereocenters. The number of nitrogens with zero attached hydrogens (tertiary/aromatic N) is 7. The number of carbonyl (C=O) groups is 1. The van der Waals surface area contributed by atoms with Crippen LogP contribution in [0, 0.1) is 11.3 Å². The average Bonchev–Trinajstić information content (AvgIpc) is 3.66. The summed E-state index contributed by atoms with van der Waals surface area (Å²) in [5, 5.41) is 12.2. The van der Waals surface area contributed by atoms with E-state index in [1.165, 1.54) is 40.9 Å². The summed E-state index contributed by atoms with van der Waals surface area (Å²) < 4.78 is 6.50. The summed E-state index contributed by atoms with van der Waals surface area (Å²) in [6.07, 6.45) is 8.24. The highest BCUT2D eigenvalue weighted by molar-refractivity contribution is 5.97. The number of piperazine rings is 1. The molecule has 1 saturated carbocycles. The van der Waals surface area contributed by atoms with Gasteiger partial charge in [0.15, 0.2) is 0 Å². The van der Waals surface area contributed by atoms with Crippen molar-refractivity contribution in [3.63, 3.8) is 0 Å². The van der Waals surface area contributed by atoms with Crippen LogP contribution in [0.3, 0.4) is 0 Å². The van der Waals surface area contributed by atoms with Gasteiger partial charge in [-0.25, -0.2) is 0 Å². The minimum Gasteiger partial charge on any atom is -0.461 e. The molecule has 1 amide bonds. The van der Waals surface area contributed by atoms with Crippen LogP contribution in [0.1, 0.15) is 55.8 Å². The van der Waals surface area contributed by atoms with Crippen LogP contribution >= 0.6 is 0 Å². The molecule has 2 aromatic carbocycles. The zero-order chi connectivity index (χ0) is 31.0. The molecule has 9 heteroatoms. The summed E-state index contributed by atoms with van der Waals surface area (Å²) in [5.74, 6) is 0.763. The Morgan fingerprint density at radius 3 is 2.62 bits per heavy atom. The van der Waals surface area contributed by atoms with Crippen molar-refractivity contribution in [3.8, 4) is 12.1 Å². The van der Waals surface area contributed by atoms with E-state index in [2.05, 4.69) is 70.7 Å². The number of benzene rings is 2. The Bertz CT molecular complexity index is 1630. The number of nitriles is 1. The third kappa shape index (κ3) is 5.61. The van der Waals surface area contributed by atoms with E-state index in [-0.39, 0.29) is 23.9 Å². The number of likely N-dealkylation sites (tertiary alicyclic amines) is 1. The molecule has 4 heterocycles. The molecule has 1 aromatic heterocycles. The number of carbonyl (C=O) groups excluding carboxylic acids is 1. The Balaban J connectivity index is 1.22. The second kappa shape index (κ2) is 12.3. The van der Waals surface area contributed by atoms with E-state index in [9.17, 15) is 10.1 Å². The second-order valence-electron chi connectivity index (χ2n) is 13.0. The van der Waals surface area contributed by atoms with E-state index in [4.69, 9.17) is 14.7 Å². The molecule has 3 fully saturated rings. The van der Waals surface area contributed by atoms with Gasteiger partial charge in [0.25, 0.3) is 0 Å². The highest BCUT2D eigenvalue weighted by Gasteiger charge is 2.49. The number of amides is 1. The van der Waals surface area contributed by atoms with E-state index in [0.29, 0.717) is 38.8 Å². The molecule has 9 nitrogen and oxygen atoms in total. The molecule has 0 bridgehead atoms. The number of aromatic nitrogens is 2. The van der Waals surface area contributed by atoms with Crippen molar-refractivity contribution in [3.05, 3.63) is 65.9 Å². The van der Waals surface area contributed by atoms with Crippen molar-refractivity contribution >= 4 is 28.2 Å². The van der Waals surface area contributed by atoms with E-state index >= 15 is 0 Å². The van der Waals surface area contributed by atoms with Crippen LogP contribution in [0.25, 0.3) is 10.8 Å². The van der Waals surface area contributed by atoms with Crippen molar-refractivity contribution in [1.29, 1.82) is 5.26 Å². The lowest BCUT2D eigenvalue weighted by molar-refractivity contribution is -0.128. The number of rotatable bonds is 9. The van der Waals surface area contributed by atoms with Gasteiger partial charge in [0, 0.05) is 42.8 Å². The Kier molecular flexibility index (Phi) is 8.09. The van der Waals surface area contributed by atoms with Crippen molar-refractivity contribution in [2.24, 2.45) is 0 Å². The number of anilines is 2. The number of fused-ring (bicyclic) bond motifs is 2. The van der Waals surface area contributed by atoms with Gasteiger partial charge in [-0.05, 0) is 74.7 Å².